The van der Waals surface area contributed by atoms with Crippen LogP contribution in [0, 0.1) is 0 Å². The summed E-state index contributed by atoms with van der Waals surface area (Å²) in [4.78, 5) is 23.6. The number of hydrogen-bond donors (Lipinski definition) is 0. The van der Waals surface area contributed by atoms with Gasteiger partial charge in [0.25, 0.3) is 0 Å². The minimum atomic E-state index is -0.515. The summed E-state index contributed by atoms with van der Waals surface area (Å²) < 4.78 is 16.9. The Hall–Kier alpha value is -2.40. The van der Waals surface area contributed by atoms with Crippen LogP contribution in [0.1, 0.15) is 12.0 Å². The fourth-order valence-corrected chi connectivity index (χ4v) is 3.88. The Morgan fingerprint density at radius 2 is 1.70 bits per heavy atom. The average molecular weight is 433 g/mol. The molecule has 142 valence electrons. The third kappa shape index (κ3) is 8.69. The van der Waals surface area contributed by atoms with E-state index in [-0.39, 0.29) is 32.7 Å². The van der Waals surface area contributed by atoms with Crippen LogP contribution < -0.4 is 4.46 Å². The van der Waals surface area contributed by atoms with Crippen molar-refractivity contribution in [3.8, 4) is 0 Å². The van der Waals surface area contributed by atoms with Crippen LogP contribution in [0.5, 0.6) is 0 Å². The fraction of sp³-hybridized carbons (Fsp3) is 0.238. The molecule has 2 aromatic rings. The predicted octanol–water partition coefficient (Wildman–Crippen LogP) is 2.22. The molecule has 0 fully saturated rings. The Kier molecular flexibility index (Phi) is 9.35. The summed E-state index contributed by atoms with van der Waals surface area (Å²) in [6.45, 7) is 0.677. The van der Waals surface area contributed by atoms with E-state index in [0.29, 0.717) is 6.61 Å². The quantitative estimate of drug-likeness (QED) is 0.235. The number of benzene rings is 2. The summed E-state index contributed by atoms with van der Waals surface area (Å²) in [7, 11) is 1.29. The Labute approximate surface area is 165 Å². The molecule has 2 aromatic carbocycles. The molecule has 0 heterocycles. The average Bonchev–Trinajstić information content (AvgIpc) is 2.69. The Morgan fingerprint density at radius 3 is 2.37 bits per heavy atom. The number of rotatable bonds is 11. The second-order valence-electron chi connectivity index (χ2n) is 5.58. The summed E-state index contributed by atoms with van der Waals surface area (Å²) in [6, 6.07) is 19.4. The van der Waals surface area contributed by atoms with E-state index in [2.05, 4.69) is 4.74 Å². The topological polar surface area (TPSA) is 61.8 Å². The van der Waals surface area contributed by atoms with Crippen molar-refractivity contribution in [1.29, 1.82) is 0 Å². The zero-order valence-electron chi connectivity index (χ0n) is 15.1. The first-order valence-electron chi connectivity index (χ1n) is 8.44. The molecule has 0 unspecified atom stereocenters. The summed E-state index contributed by atoms with van der Waals surface area (Å²) in [5.74, 6) is -0.515. The number of carbonyl (C=O) groups is 2. The molecule has 0 aliphatic rings. The van der Waals surface area contributed by atoms with Crippen molar-refractivity contribution in [2.24, 2.45) is 0 Å². The van der Waals surface area contributed by atoms with Gasteiger partial charge in [-0.25, -0.2) is 0 Å². The van der Waals surface area contributed by atoms with Crippen molar-refractivity contribution in [1.82, 2.24) is 0 Å². The van der Waals surface area contributed by atoms with E-state index in [1.54, 1.807) is 0 Å². The third-order valence-electron chi connectivity index (χ3n) is 3.46. The van der Waals surface area contributed by atoms with Crippen LogP contribution in [0.2, 0.25) is 0 Å². The summed E-state index contributed by atoms with van der Waals surface area (Å²) in [5.41, 5.74) is 1.04. The van der Waals surface area contributed by atoms with Crippen molar-refractivity contribution in [3.63, 3.8) is 0 Å². The number of ether oxygens (including phenoxy) is 3. The first-order valence-corrected chi connectivity index (χ1v) is 10.2. The molecule has 0 aliphatic heterocycles. The van der Waals surface area contributed by atoms with Gasteiger partial charge in [0.1, 0.15) is 0 Å². The first-order chi connectivity index (χ1) is 13.2. The van der Waals surface area contributed by atoms with E-state index in [0.717, 1.165) is 10.0 Å². The number of methoxy groups -OCH3 is 1. The molecule has 5 nitrogen and oxygen atoms in total. The van der Waals surface area contributed by atoms with Crippen LogP contribution in [0.25, 0.3) is 0 Å². The molecular formula is C21H22O5Se. The van der Waals surface area contributed by atoms with Gasteiger partial charge in [0, 0.05) is 0 Å². The van der Waals surface area contributed by atoms with Crippen molar-refractivity contribution in [2.75, 3.05) is 13.7 Å². The first kappa shape index (κ1) is 20.9. The molecule has 0 N–H and O–H groups in total. The van der Waals surface area contributed by atoms with Crippen LogP contribution in [0.15, 0.2) is 73.0 Å². The van der Waals surface area contributed by atoms with Gasteiger partial charge in [-0.15, -0.1) is 0 Å². The van der Waals surface area contributed by atoms with Gasteiger partial charge in [-0.2, -0.15) is 0 Å². The zero-order chi connectivity index (χ0) is 19.3. The van der Waals surface area contributed by atoms with Crippen molar-refractivity contribution >= 4 is 30.1 Å². The van der Waals surface area contributed by atoms with Gasteiger partial charge in [-0.3, -0.25) is 0 Å². The number of esters is 1. The van der Waals surface area contributed by atoms with Crippen molar-refractivity contribution < 1.29 is 23.8 Å². The zero-order valence-corrected chi connectivity index (χ0v) is 16.8. The molecule has 0 radical (unpaired) electrons. The monoisotopic (exact) mass is 434 g/mol. The van der Waals surface area contributed by atoms with Crippen molar-refractivity contribution in [2.45, 2.75) is 19.1 Å². The molecule has 27 heavy (non-hydrogen) atoms. The molecule has 2 rings (SSSR count). The van der Waals surface area contributed by atoms with Crippen LogP contribution in [-0.2, 0) is 30.4 Å². The fourth-order valence-electron chi connectivity index (χ4n) is 2.15. The third-order valence-corrected chi connectivity index (χ3v) is 5.35. The molecular weight excluding hydrogens is 411 g/mol. The van der Waals surface area contributed by atoms with E-state index >= 15 is 0 Å². The Balaban J connectivity index is 1.88. The second-order valence-corrected chi connectivity index (χ2v) is 7.95. The Morgan fingerprint density at radius 1 is 1.04 bits per heavy atom. The van der Waals surface area contributed by atoms with Gasteiger partial charge in [-0.1, -0.05) is 0 Å². The number of hydrogen-bond acceptors (Lipinski definition) is 5. The molecule has 0 aliphatic carbocycles. The van der Waals surface area contributed by atoms with E-state index in [4.69, 9.17) is 9.47 Å². The maximum absolute atomic E-state index is 12.4. The molecule has 0 aromatic heterocycles. The van der Waals surface area contributed by atoms with E-state index in [9.17, 15) is 9.59 Å². The standard InChI is InChI=1S/C21H22O5Se/c1-24-20(22)12-13-26-18(16-25-15-17-8-4-2-5-9-17)14-21(23)27-19-10-6-3-7-11-19/h2-13,18H,14-16H2,1H3/b13-12+/t18-/m1/s1. The molecule has 0 bridgehead atoms. The molecule has 0 amide bonds. The summed E-state index contributed by atoms with van der Waals surface area (Å²) >= 11 is -0.283. The van der Waals surface area contributed by atoms with Gasteiger partial charge >= 0.3 is 165 Å². The minimum absolute atomic E-state index is 0.105. The van der Waals surface area contributed by atoms with Gasteiger partial charge < -0.3 is 0 Å². The van der Waals surface area contributed by atoms with Gasteiger partial charge in [0.2, 0.25) is 0 Å². The van der Waals surface area contributed by atoms with Gasteiger partial charge in [0.15, 0.2) is 0 Å². The second kappa shape index (κ2) is 12.1. The Bertz CT molecular complexity index is 731. The summed E-state index contributed by atoms with van der Waals surface area (Å²) in [5, 5.41) is 0. The number of carbonyl (C=O) groups excluding carboxylic acids is 2. The van der Waals surface area contributed by atoms with Crippen LogP contribution in [0.4, 0.5) is 0 Å². The maximum atomic E-state index is 12.4. The van der Waals surface area contributed by atoms with Crippen LogP contribution >= 0.6 is 0 Å². The molecule has 0 saturated heterocycles. The molecule has 6 heteroatoms. The van der Waals surface area contributed by atoms with Gasteiger partial charge in [0.05, 0.1) is 0 Å². The van der Waals surface area contributed by atoms with E-state index < -0.39 is 12.1 Å². The molecule has 1 atom stereocenters. The van der Waals surface area contributed by atoms with Crippen molar-refractivity contribution in [3.05, 3.63) is 78.6 Å². The summed E-state index contributed by atoms with van der Waals surface area (Å²) in [6.07, 6.45) is 2.19. The van der Waals surface area contributed by atoms with Crippen LogP contribution in [0.3, 0.4) is 0 Å². The van der Waals surface area contributed by atoms with E-state index in [1.165, 1.54) is 19.4 Å². The molecule has 0 saturated carbocycles. The predicted molar refractivity (Wildman–Crippen MR) is 104 cm³/mol. The van der Waals surface area contributed by atoms with Gasteiger partial charge in [-0.05, 0) is 0 Å². The molecule has 0 spiro atoms. The van der Waals surface area contributed by atoms with Crippen LogP contribution in [-0.4, -0.2) is 45.4 Å². The van der Waals surface area contributed by atoms with E-state index in [1.807, 2.05) is 60.7 Å². The SMILES string of the molecule is COC(=O)/C=C/O[C@@H](COCc1ccccc1)CC(=O)[Se]c1ccccc1. The normalized spacial score (nSPS) is 11.9.